The van der Waals surface area contributed by atoms with Gasteiger partial charge in [-0.05, 0) is 34.6 Å². The summed E-state index contributed by atoms with van der Waals surface area (Å²) in [6.45, 7) is 0. The first-order valence-electron chi connectivity index (χ1n) is 4.77. The van der Waals surface area contributed by atoms with Crippen LogP contribution in [0, 0.1) is 0 Å². The maximum Gasteiger partial charge on any atom is 0.293 e. The lowest BCUT2D eigenvalue weighted by atomic mass is 10.2. The summed E-state index contributed by atoms with van der Waals surface area (Å²) in [5, 5.41) is -0.201. The van der Waals surface area contributed by atoms with Crippen LogP contribution in [0.15, 0.2) is 33.6 Å². The summed E-state index contributed by atoms with van der Waals surface area (Å²) in [7, 11) is 1.51. The highest BCUT2D eigenvalue weighted by Gasteiger charge is 2.31. The molecule has 2 rings (SSSR count). The minimum Gasteiger partial charge on any atom is -0.272 e. The summed E-state index contributed by atoms with van der Waals surface area (Å²) >= 11 is 2.71. The first kappa shape index (κ1) is 11.5. The van der Waals surface area contributed by atoms with E-state index in [-0.39, 0.29) is 11.1 Å². The van der Waals surface area contributed by atoms with E-state index in [4.69, 9.17) is 0 Å². The molecule has 1 aliphatic carbocycles. The van der Waals surface area contributed by atoms with Gasteiger partial charge in [-0.25, -0.2) is 0 Å². The zero-order valence-corrected chi connectivity index (χ0v) is 10.7. The van der Waals surface area contributed by atoms with Crippen molar-refractivity contribution in [2.75, 3.05) is 13.3 Å². The largest absolute Gasteiger partial charge is 0.293 e. The molecule has 0 N–H and O–H groups in total. The van der Waals surface area contributed by atoms with E-state index in [1.165, 1.54) is 12.0 Å². The van der Waals surface area contributed by atoms with Gasteiger partial charge in [0.25, 0.3) is 11.1 Å². The van der Waals surface area contributed by atoms with E-state index in [2.05, 4.69) is 0 Å². The first-order valence-corrected chi connectivity index (χ1v) is 6.81. The third-order valence-electron chi connectivity index (χ3n) is 2.43. The molecule has 2 amide bonds. The number of hydrogen-bond acceptors (Lipinski definition) is 4. The van der Waals surface area contributed by atoms with Gasteiger partial charge in [0, 0.05) is 13.5 Å². The minimum absolute atomic E-state index is 0.200. The van der Waals surface area contributed by atoms with Crippen molar-refractivity contribution in [3.8, 4) is 0 Å². The Hall–Kier alpha value is -0.940. The molecule has 3 nitrogen and oxygen atoms in total. The molecule has 0 atom stereocenters. The monoisotopic (exact) mass is 253 g/mol. The van der Waals surface area contributed by atoms with Gasteiger partial charge < -0.3 is 0 Å². The number of carbonyl (C=O) groups is 2. The Balaban J connectivity index is 2.11. The summed E-state index contributed by atoms with van der Waals surface area (Å²) in [4.78, 5) is 25.9. The Labute approximate surface area is 103 Å². The number of likely N-dealkylation sites (N-methyl/N-ethyl adjacent to an activating group) is 1. The highest BCUT2D eigenvalue weighted by atomic mass is 32.2. The average Bonchev–Trinajstić information content (AvgIpc) is 2.81. The van der Waals surface area contributed by atoms with Crippen molar-refractivity contribution in [2.45, 2.75) is 6.42 Å². The van der Waals surface area contributed by atoms with Crippen molar-refractivity contribution >= 4 is 34.7 Å². The first-order chi connectivity index (χ1) is 7.61. The standard InChI is InChI=1S/C11H11NO2S2/c1-12-10(13)9(16-11(12)14)6-7-3-4-8(5-7)15-2/h3-4,6H,5H2,1-2H3. The molecule has 0 spiro atoms. The highest BCUT2D eigenvalue weighted by Crippen LogP contribution is 2.34. The lowest BCUT2D eigenvalue weighted by Gasteiger charge is -2.01. The van der Waals surface area contributed by atoms with Crippen LogP contribution in [0.25, 0.3) is 0 Å². The molecule has 0 aromatic rings. The molecule has 0 aromatic carbocycles. The van der Waals surface area contributed by atoms with E-state index in [0.717, 1.165) is 28.7 Å². The minimum atomic E-state index is -0.201. The predicted octanol–water partition coefficient (Wildman–Crippen LogP) is 2.77. The second-order valence-corrected chi connectivity index (χ2v) is 5.42. The number of amides is 2. The van der Waals surface area contributed by atoms with Gasteiger partial charge in [0.2, 0.25) is 0 Å². The maximum absolute atomic E-state index is 11.6. The number of rotatable bonds is 2. The lowest BCUT2D eigenvalue weighted by Crippen LogP contribution is -2.22. The van der Waals surface area contributed by atoms with E-state index in [1.807, 2.05) is 24.5 Å². The van der Waals surface area contributed by atoms with Gasteiger partial charge in [-0.15, -0.1) is 11.8 Å². The Morgan fingerprint density at radius 2 is 2.19 bits per heavy atom. The third-order valence-corrected chi connectivity index (χ3v) is 4.19. The van der Waals surface area contributed by atoms with Crippen molar-refractivity contribution in [1.29, 1.82) is 0 Å². The van der Waals surface area contributed by atoms with E-state index in [1.54, 1.807) is 11.8 Å². The molecule has 5 heteroatoms. The van der Waals surface area contributed by atoms with Gasteiger partial charge in [0.05, 0.1) is 4.91 Å². The fraction of sp³-hybridized carbons (Fsp3) is 0.273. The van der Waals surface area contributed by atoms with Crippen LogP contribution in [0.1, 0.15) is 6.42 Å². The Bertz CT molecular complexity index is 449. The molecule has 0 radical (unpaired) electrons. The number of carbonyl (C=O) groups excluding carboxylic acids is 2. The normalized spacial score (nSPS) is 23.1. The van der Waals surface area contributed by atoms with Crippen LogP contribution in [0.4, 0.5) is 4.79 Å². The number of nitrogens with zero attached hydrogens (tertiary/aromatic N) is 1. The fourth-order valence-corrected chi connectivity index (χ4v) is 2.83. The van der Waals surface area contributed by atoms with Gasteiger partial charge in [0.1, 0.15) is 0 Å². The van der Waals surface area contributed by atoms with Gasteiger partial charge in [-0.2, -0.15) is 0 Å². The van der Waals surface area contributed by atoms with E-state index in [9.17, 15) is 9.59 Å². The molecule has 1 aliphatic heterocycles. The molecule has 84 valence electrons. The summed E-state index contributed by atoms with van der Waals surface area (Å²) < 4.78 is 0. The molecule has 0 aromatic heterocycles. The summed E-state index contributed by atoms with van der Waals surface area (Å²) in [5.41, 5.74) is 1.09. The Kier molecular flexibility index (Phi) is 3.25. The van der Waals surface area contributed by atoms with Crippen LogP contribution in [0.5, 0.6) is 0 Å². The quantitative estimate of drug-likeness (QED) is 0.709. The van der Waals surface area contributed by atoms with Crippen LogP contribution >= 0.6 is 23.5 Å². The van der Waals surface area contributed by atoms with Crippen LogP contribution in [0.2, 0.25) is 0 Å². The zero-order valence-electron chi connectivity index (χ0n) is 9.02. The van der Waals surface area contributed by atoms with Crippen molar-refractivity contribution in [1.82, 2.24) is 4.90 Å². The number of imide groups is 1. The maximum atomic E-state index is 11.6. The Morgan fingerprint density at radius 3 is 2.69 bits per heavy atom. The van der Waals surface area contributed by atoms with E-state index in [0.29, 0.717) is 4.91 Å². The molecule has 1 fully saturated rings. The van der Waals surface area contributed by atoms with Crippen LogP contribution in [-0.4, -0.2) is 29.3 Å². The summed E-state index contributed by atoms with van der Waals surface area (Å²) in [5.74, 6) is -0.200. The molecular formula is C11H11NO2S2. The summed E-state index contributed by atoms with van der Waals surface area (Å²) in [6.07, 6.45) is 8.75. The van der Waals surface area contributed by atoms with Gasteiger partial charge in [-0.3, -0.25) is 14.5 Å². The highest BCUT2D eigenvalue weighted by molar-refractivity contribution is 8.18. The van der Waals surface area contributed by atoms with Crippen LogP contribution in [0.3, 0.4) is 0 Å². The molecule has 1 saturated heterocycles. The molecule has 1 heterocycles. The number of thioether (sulfide) groups is 2. The molecule has 0 unspecified atom stereocenters. The van der Waals surface area contributed by atoms with E-state index < -0.39 is 0 Å². The van der Waals surface area contributed by atoms with Gasteiger partial charge in [0.15, 0.2) is 0 Å². The summed E-state index contributed by atoms with van der Waals surface area (Å²) in [6, 6.07) is 0. The third kappa shape index (κ3) is 2.10. The zero-order chi connectivity index (χ0) is 11.7. The second-order valence-electron chi connectivity index (χ2n) is 3.50. The molecule has 0 saturated carbocycles. The predicted molar refractivity (Wildman–Crippen MR) is 68.1 cm³/mol. The van der Waals surface area contributed by atoms with Crippen molar-refractivity contribution in [3.05, 3.63) is 33.6 Å². The van der Waals surface area contributed by atoms with Crippen molar-refractivity contribution < 1.29 is 9.59 Å². The van der Waals surface area contributed by atoms with Crippen molar-refractivity contribution in [2.24, 2.45) is 0 Å². The van der Waals surface area contributed by atoms with Crippen molar-refractivity contribution in [3.63, 3.8) is 0 Å². The molecule has 16 heavy (non-hydrogen) atoms. The van der Waals surface area contributed by atoms with Gasteiger partial charge in [-0.1, -0.05) is 12.2 Å². The molecular weight excluding hydrogens is 242 g/mol. The SMILES string of the molecule is CSC1=CC=C(C=C2SC(=O)N(C)C2=O)C1. The van der Waals surface area contributed by atoms with Crippen LogP contribution in [-0.2, 0) is 4.79 Å². The average molecular weight is 253 g/mol. The fourth-order valence-electron chi connectivity index (χ4n) is 1.47. The smallest absolute Gasteiger partial charge is 0.272 e. The number of hydrogen-bond donors (Lipinski definition) is 0. The molecule has 0 bridgehead atoms. The lowest BCUT2D eigenvalue weighted by molar-refractivity contribution is -0.121. The Morgan fingerprint density at radius 1 is 1.44 bits per heavy atom. The topological polar surface area (TPSA) is 37.4 Å². The molecule has 2 aliphatic rings. The van der Waals surface area contributed by atoms with Crippen LogP contribution < -0.4 is 0 Å². The van der Waals surface area contributed by atoms with Gasteiger partial charge >= 0.3 is 0 Å². The van der Waals surface area contributed by atoms with E-state index >= 15 is 0 Å². The second kappa shape index (κ2) is 4.51. The number of allylic oxidation sites excluding steroid dienone is 5.